The summed E-state index contributed by atoms with van der Waals surface area (Å²) < 4.78 is 23.7. The number of allylic oxidation sites excluding steroid dienone is 2. The second-order valence-corrected chi connectivity index (χ2v) is 5.31. The van der Waals surface area contributed by atoms with Crippen LogP contribution in [0.4, 0.5) is 0 Å². The minimum atomic E-state index is -3.96. The van der Waals surface area contributed by atoms with E-state index in [9.17, 15) is 8.42 Å². The van der Waals surface area contributed by atoms with Gasteiger partial charge in [-0.05, 0) is 31.2 Å². The van der Waals surface area contributed by atoms with Crippen LogP contribution in [-0.4, -0.2) is 43.1 Å². The van der Waals surface area contributed by atoms with E-state index in [2.05, 4.69) is 0 Å². The van der Waals surface area contributed by atoms with Gasteiger partial charge >= 0.3 is 29.6 Å². The van der Waals surface area contributed by atoms with Crippen LogP contribution in [-0.2, 0) is 9.84 Å². The zero-order chi connectivity index (χ0) is 12.3. The van der Waals surface area contributed by atoms with Crippen LogP contribution in [0.2, 0.25) is 5.02 Å². The first-order valence-electron chi connectivity index (χ1n) is 4.20. The molecule has 0 fully saturated rings. The molecule has 1 aromatic rings. The summed E-state index contributed by atoms with van der Waals surface area (Å²) in [6, 6.07) is 6.81. The summed E-state index contributed by atoms with van der Waals surface area (Å²) in [6.45, 7) is 1.14. The molecule has 1 rings (SSSR count). The van der Waals surface area contributed by atoms with Crippen molar-refractivity contribution in [3.63, 3.8) is 0 Å². The molecule has 0 aliphatic rings. The summed E-state index contributed by atoms with van der Waals surface area (Å²) in [4.78, 5) is -0.739. The number of rotatable bonds is 2. The fourth-order valence-electron chi connectivity index (χ4n) is 1.07. The second kappa shape index (κ2) is 6.43. The summed E-state index contributed by atoms with van der Waals surface area (Å²) in [6.07, 6.45) is 0. The molecule has 0 saturated carbocycles. The van der Waals surface area contributed by atoms with Crippen LogP contribution in [0.1, 0.15) is 6.92 Å². The van der Waals surface area contributed by atoms with Crippen molar-refractivity contribution in [2.75, 3.05) is 0 Å². The molecule has 0 saturated heterocycles. The third-order valence-corrected chi connectivity index (χ3v) is 3.89. The number of halogens is 1. The van der Waals surface area contributed by atoms with Crippen LogP contribution in [0.15, 0.2) is 39.8 Å². The van der Waals surface area contributed by atoms with Crippen LogP contribution < -0.4 is 0 Å². The molecule has 0 aromatic heterocycles. The number of hydrogen-bond donors (Lipinski definition) is 1. The van der Waals surface area contributed by atoms with E-state index >= 15 is 0 Å². The molecule has 1 N–H and O–H groups in total. The summed E-state index contributed by atoms with van der Waals surface area (Å²) in [5, 5.41) is 18.2. The number of nitriles is 1. The molecule has 0 bridgehead atoms. The van der Waals surface area contributed by atoms with Crippen molar-refractivity contribution in [2.45, 2.75) is 11.8 Å². The molecule has 0 heterocycles. The van der Waals surface area contributed by atoms with E-state index < -0.39 is 20.5 Å². The average molecular weight is 282 g/mol. The number of nitrogens with zero attached hydrogens (tertiary/aromatic N) is 1. The van der Waals surface area contributed by atoms with Crippen LogP contribution in [0.5, 0.6) is 0 Å². The minimum absolute atomic E-state index is 0. The molecule has 0 atom stereocenters. The summed E-state index contributed by atoms with van der Waals surface area (Å²) in [7, 11) is -3.96. The Bertz CT molecular complexity index is 569. The van der Waals surface area contributed by atoms with E-state index in [0.717, 1.165) is 6.92 Å². The van der Waals surface area contributed by atoms with E-state index in [1.807, 2.05) is 0 Å². The summed E-state index contributed by atoms with van der Waals surface area (Å²) in [5.41, 5.74) is 0. The van der Waals surface area contributed by atoms with E-state index in [0.29, 0.717) is 5.02 Å². The second-order valence-electron chi connectivity index (χ2n) is 2.98. The van der Waals surface area contributed by atoms with Crippen molar-refractivity contribution in [1.82, 2.24) is 0 Å². The zero-order valence-corrected chi connectivity index (χ0v) is 9.88. The predicted molar refractivity (Wildman–Crippen MR) is 66.7 cm³/mol. The Morgan fingerprint density at radius 2 is 1.82 bits per heavy atom. The van der Waals surface area contributed by atoms with Gasteiger partial charge < -0.3 is 5.11 Å². The van der Waals surface area contributed by atoms with Gasteiger partial charge in [0.15, 0.2) is 4.91 Å². The SMILES string of the molecule is CC(O)=C(C#N)S(=O)(=O)c1ccc(Cl)cc1.[NaH]. The van der Waals surface area contributed by atoms with Gasteiger partial charge in [0.05, 0.1) is 4.90 Å². The molecular weight excluding hydrogens is 273 g/mol. The van der Waals surface area contributed by atoms with Gasteiger partial charge in [-0.25, -0.2) is 8.42 Å². The van der Waals surface area contributed by atoms with Gasteiger partial charge in [0.2, 0.25) is 9.84 Å². The molecule has 0 amide bonds. The standard InChI is InChI=1S/C10H8ClNO3S.Na.H/c1-7(13)10(6-12)16(14,15)9-4-2-8(11)3-5-9;;/h2-5,13H,1H3;;. The average Bonchev–Trinajstić information content (AvgIpc) is 2.18. The van der Waals surface area contributed by atoms with E-state index in [1.54, 1.807) is 0 Å². The van der Waals surface area contributed by atoms with Gasteiger partial charge in [-0.15, -0.1) is 0 Å². The first kappa shape index (κ1) is 16.5. The first-order chi connectivity index (χ1) is 7.39. The van der Waals surface area contributed by atoms with Crippen molar-refractivity contribution >= 4 is 51.0 Å². The Labute approximate surface area is 127 Å². The maximum atomic E-state index is 11.8. The predicted octanol–water partition coefficient (Wildman–Crippen LogP) is 1.78. The van der Waals surface area contributed by atoms with Crippen molar-refractivity contribution in [3.05, 3.63) is 40.0 Å². The molecule has 1 aromatic carbocycles. The number of sulfone groups is 1. The van der Waals surface area contributed by atoms with Gasteiger partial charge in [-0.3, -0.25) is 0 Å². The Morgan fingerprint density at radius 3 is 2.18 bits per heavy atom. The summed E-state index contributed by atoms with van der Waals surface area (Å²) >= 11 is 5.62. The molecule has 0 unspecified atom stereocenters. The fraction of sp³-hybridized carbons (Fsp3) is 0.100. The monoisotopic (exact) mass is 281 g/mol. The number of hydrogen-bond acceptors (Lipinski definition) is 4. The zero-order valence-electron chi connectivity index (χ0n) is 8.31. The topological polar surface area (TPSA) is 78.2 Å². The van der Waals surface area contributed by atoms with E-state index in [-0.39, 0.29) is 34.5 Å². The molecule has 86 valence electrons. The number of aliphatic hydroxyl groups excluding tert-OH is 1. The van der Waals surface area contributed by atoms with Crippen molar-refractivity contribution in [3.8, 4) is 6.07 Å². The molecular formula is C10H9ClNNaO3S. The van der Waals surface area contributed by atoms with Gasteiger partial charge in [0.25, 0.3) is 0 Å². The number of aliphatic hydroxyl groups is 1. The normalized spacial score (nSPS) is 12.1. The molecule has 0 aliphatic carbocycles. The van der Waals surface area contributed by atoms with Crippen molar-refractivity contribution < 1.29 is 13.5 Å². The fourth-order valence-corrected chi connectivity index (χ4v) is 2.43. The molecule has 0 radical (unpaired) electrons. The van der Waals surface area contributed by atoms with E-state index in [4.69, 9.17) is 22.0 Å². The van der Waals surface area contributed by atoms with Crippen LogP contribution in [0.25, 0.3) is 0 Å². The molecule has 0 aliphatic heterocycles. The van der Waals surface area contributed by atoms with Gasteiger partial charge in [0.1, 0.15) is 11.8 Å². The summed E-state index contributed by atoms with van der Waals surface area (Å²) in [5.74, 6) is -0.530. The molecule has 17 heavy (non-hydrogen) atoms. The Kier molecular flexibility index (Phi) is 6.24. The third kappa shape index (κ3) is 3.73. The van der Waals surface area contributed by atoms with E-state index in [1.165, 1.54) is 30.3 Å². The van der Waals surface area contributed by atoms with Crippen LogP contribution >= 0.6 is 11.6 Å². The molecule has 4 nitrogen and oxygen atoms in total. The van der Waals surface area contributed by atoms with Crippen LogP contribution in [0.3, 0.4) is 0 Å². The van der Waals surface area contributed by atoms with Crippen molar-refractivity contribution in [2.24, 2.45) is 0 Å². The first-order valence-corrected chi connectivity index (χ1v) is 6.06. The molecule has 7 heteroatoms. The Morgan fingerprint density at radius 1 is 1.35 bits per heavy atom. The Balaban J connectivity index is 0.00000256. The quantitative estimate of drug-likeness (QED) is 0.509. The van der Waals surface area contributed by atoms with Crippen molar-refractivity contribution in [1.29, 1.82) is 5.26 Å². The van der Waals surface area contributed by atoms with Crippen LogP contribution in [0, 0.1) is 11.3 Å². The van der Waals surface area contributed by atoms with Gasteiger partial charge in [0, 0.05) is 5.02 Å². The van der Waals surface area contributed by atoms with Gasteiger partial charge in [-0.1, -0.05) is 11.6 Å². The number of benzene rings is 1. The Hall–Kier alpha value is -0.510. The maximum absolute atomic E-state index is 11.8. The third-order valence-electron chi connectivity index (χ3n) is 1.82. The van der Waals surface area contributed by atoms with Gasteiger partial charge in [-0.2, -0.15) is 5.26 Å². The molecule has 0 spiro atoms.